The van der Waals surface area contributed by atoms with Crippen molar-refractivity contribution in [1.29, 1.82) is 0 Å². The summed E-state index contributed by atoms with van der Waals surface area (Å²) in [5.41, 5.74) is 7.92. The van der Waals surface area contributed by atoms with Crippen LogP contribution in [0.25, 0.3) is 0 Å². The quantitative estimate of drug-likeness (QED) is 0.843. The van der Waals surface area contributed by atoms with Crippen molar-refractivity contribution in [3.05, 3.63) is 52.9 Å². The van der Waals surface area contributed by atoms with E-state index in [9.17, 15) is 9.59 Å². The highest BCUT2D eigenvalue weighted by atomic mass is 16.5. The number of rotatable bonds is 4. The molecule has 2 N–H and O–H groups in total. The van der Waals surface area contributed by atoms with Crippen LogP contribution in [0.5, 0.6) is 0 Å². The number of nitrogens with zero attached hydrogens (tertiary/aromatic N) is 1. The highest BCUT2D eigenvalue weighted by molar-refractivity contribution is 6.05. The predicted octanol–water partition coefficient (Wildman–Crippen LogP) is 2.90. The number of pyridine rings is 1. The molecule has 0 radical (unpaired) electrons. The number of ketones is 2. The number of nitrogens with two attached hydrogens (primary N) is 1. The maximum absolute atomic E-state index is 13.0. The third-order valence-corrected chi connectivity index (χ3v) is 5.16. The lowest BCUT2D eigenvalue weighted by molar-refractivity contribution is -0.694. The Hall–Kier alpha value is -2.43. The summed E-state index contributed by atoms with van der Waals surface area (Å²) in [5, 5.41) is 0. The molecule has 3 rings (SSSR count). The molecule has 0 bridgehead atoms. The van der Waals surface area contributed by atoms with Crippen LogP contribution in [0.2, 0.25) is 0 Å². The van der Waals surface area contributed by atoms with E-state index >= 15 is 0 Å². The average Bonchev–Trinajstić information content (AvgIpc) is 2.58. The highest BCUT2D eigenvalue weighted by Crippen LogP contribution is 2.48. The zero-order chi connectivity index (χ0) is 19.1. The minimum absolute atomic E-state index is 0.0436. The summed E-state index contributed by atoms with van der Waals surface area (Å²) < 4.78 is 7.86. The van der Waals surface area contributed by atoms with E-state index in [0.717, 1.165) is 12.1 Å². The van der Waals surface area contributed by atoms with Crippen LogP contribution in [-0.2, 0) is 20.9 Å². The van der Waals surface area contributed by atoms with E-state index in [1.54, 1.807) is 6.92 Å². The van der Waals surface area contributed by atoms with Gasteiger partial charge in [0.15, 0.2) is 29.8 Å². The maximum atomic E-state index is 13.0. The molecule has 0 amide bonds. The predicted molar refractivity (Wildman–Crippen MR) is 97.7 cm³/mol. The smallest absolute Gasteiger partial charge is 0.198 e. The van der Waals surface area contributed by atoms with Crippen molar-refractivity contribution in [3.63, 3.8) is 0 Å². The molecule has 138 valence electrons. The average molecular weight is 355 g/mol. The topological polar surface area (TPSA) is 73.3 Å². The van der Waals surface area contributed by atoms with Crippen LogP contribution in [0.1, 0.15) is 58.4 Å². The summed E-state index contributed by atoms with van der Waals surface area (Å²) in [4.78, 5) is 25.7. The van der Waals surface area contributed by atoms with Gasteiger partial charge in [0.1, 0.15) is 12.3 Å². The van der Waals surface area contributed by atoms with Crippen molar-refractivity contribution < 1.29 is 18.9 Å². The van der Waals surface area contributed by atoms with E-state index in [0.29, 0.717) is 36.2 Å². The van der Waals surface area contributed by atoms with Gasteiger partial charge in [-0.3, -0.25) is 9.59 Å². The number of carbonyl (C=O) groups is 2. The number of hydrogen-bond acceptors (Lipinski definition) is 4. The fraction of sp³-hybridized carbons (Fsp3) is 0.476. The van der Waals surface area contributed by atoms with Crippen LogP contribution in [0.3, 0.4) is 0 Å². The van der Waals surface area contributed by atoms with Crippen molar-refractivity contribution in [1.82, 2.24) is 0 Å². The van der Waals surface area contributed by atoms with Crippen molar-refractivity contribution in [2.45, 2.75) is 59.4 Å². The summed E-state index contributed by atoms with van der Waals surface area (Å²) in [6.07, 6.45) is 5.36. The summed E-state index contributed by atoms with van der Waals surface area (Å²) in [7, 11) is 0. The molecule has 26 heavy (non-hydrogen) atoms. The molecule has 2 heterocycles. The van der Waals surface area contributed by atoms with Crippen LogP contribution in [0.4, 0.5) is 0 Å². The van der Waals surface area contributed by atoms with E-state index < -0.39 is 5.92 Å². The number of Topliss-reactive ketones (excluding diaryl/α,β-unsaturated/α-hetero) is 2. The molecule has 2 aliphatic rings. The van der Waals surface area contributed by atoms with Gasteiger partial charge in [0.2, 0.25) is 0 Å². The van der Waals surface area contributed by atoms with Crippen LogP contribution in [0, 0.1) is 5.41 Å². The van der Waals surface area contributed by atoms with Gasteiger partial charge in [0.25, 0.3) is 0 Å². The summed E-state index contributed by atoms with van der Waals surface area (Å²) >= 11 is 0. The fourth-order valence-electron chi connectivity index (χ4n) is 3.90. The first-order valence-electron chi connectivity index (χ1n) is 9.23. The third kappa shape index (κ3) is 3.18. The van der Waals surface area contributed by atoms with Gasteiger partial charge in [-0.05, 0) is 18.4 Å². The lowest BCUT2D eigenvalue weighted by Gasteiger charge is -2.37. The van der Waals surface area contributed by atoms with Gasteiger partial charge in [0, 0.05) is 36.5 Å². The van der Waals surface area contributed by atoms with Crippen LogP contribution >= 0.6 is 0 Å². The zero-order valence-corrected chi connectivity index (χ0v) is 16.0. The second-order valence-electron chi connectivity index (χ2n) is 7.84. The standard InChI is InChI=1S/C21H26N2O3/c1-5-14(24)19-17(13-8-7-9-23(6-2)12-13)18-15(25)10-21(3,4)11-16(18)26-20(19)22/h7-9,12,17H,5-6,10-11H2,1-4H3,(H-,22,24)/p+1/t17-/m0/s1. The minimum atomic E-state index is -0.450. The molecule has 1 atom stereocenters. The molecule has 0 spiro atoms. The largest absolute Gasteiger partial charge is 0.445 e. The zero-order valence-electron chi connectivity index (χ0n) is 16.0. The summed E-state index contributed by atoms with van der Waals surface area (Å²) in [6.45, 7) is 8.75. The van der Waals surface area contributed by atoms with Crippen molar-refractivity contribution in [2.24, 2.45) is 11.1 Å². The number of ether oxygens (including phenoxy) is 1. The first kappa shape index (κ1) is 18.4. The minimum Gasteiger partial charge on any atom is -0.445 e. The molecule has 0 saturated heterocycles. The Bertz CT molecular complexity index is 833. The van der Waals surface area contributed by atoms with Gasteiger partial charge in [-0.25, -0.2) is 4.57 Å². The van der Waals surface area contributed by atoms with E-state index in [1.807, 2.05) is 42.9 Å². The molecule has 1 aromatic heterocycles. The van der Waals surface area contributed by atoms with Gasteiger partial charge in [-0.15, -0.1) is 0 Å². The number of allylic oxidation sites excluding steroid dienone is 3. The molecule has 1 aliphatic carbocycles. The summed E-state index contributed by atoms with van der Waals surface area (Å²) in [6, 6.07) is 3.89. The number of hydrogen-bond donors (Lipinski definition) is 1. The second-order valence-corrected chi connectivity index (χ2v) is 7.84. The fourth-order valence-corrected chi connectivity index (χ4v) is 3.90. The molecule has 0 fully saturated rings. The molecule has 1 aromatic rings. The molecule has 5 heteroatoms. The van der Waals surface area contributed by atoms with E-state index in [4.69, 9.17) is 10.5 Å². The van der Waals surface area contributed by atoms with Gasteiger partial charge >= 0.3 is 0 Å². The molecule has 0 unspecified atom stereocenters. The summed E-state index contributed by atoms with van der Waals surface area (Å²) in [5.74, 6) is 0.269. The molecular weight excluding hydrogens is 328 g/mol. The molecule has 5 nitrogen and oxygen atoms in total. The Morgan fingerprint density at radius 2 is 2.08 bits per heavy atom. The Kier molecular flexibility index (Phi) is 4.74. The first-order valence-corrected chi connectivity index (χ1v) is 9.23. The van der Waals surface area contributed by atoms with E-state index in [-0.39, 0.29) is 22.9 Å². The normalized spacial score (nSPS) is 22.2. The lowest BCUT2D eigenvalue weighted by Crippen LogP contribution is -2.37. The van der Waals surface area contributed by atoms with Crippen LogP contribution < -0.4 is 10.3 Å². The molecule has 0 aromatic carbocycles. The maximum Gasteiger partial charge on any atom is 0.198 e. The van der Waals surface area contributed by atoms with Crippen molar-refractivity contribution >= 4 is 11.6 Å². The molecule has 1 aliphatic heterocycles. The highest BCUT2D eigenvalue weighted by Gasteiger charge is 2.44. The Labute approximate surface area is 154 Å². The second kappa shape index (κ2) is 6.71. The number of carbonyl (C=O) groups excluding carboxylic acids is 2. The first-order chi connectivity index (χ1) is 12.3. The van der Waals surface area contributed by atoms with E-state index in [1.165, 1.54) is 0 Å². The third-order valence-electron chi connectivity index (χ3n) is 5.16. The van der Waals surface area contributed by atoms with Gasteiger partial charge in [-0.2, -0.15) is 0 Å². The van der Waals surface area contributed by atoms with Crippen LogP contribution in [0.15, 0.2) is 47.3 Å². The van der Waals surface area contributed by atoms with Crippen LogP contribution in [-0.4, -0.2) is 11.6 Å². The Morgan fingerprint density at radius 1 is 1.35 bits per heavy atom. The van der Waals surface area contributed by atoms with Gasteiger partial charge in [0.05, 0.1) is 11.5 Å². The van der Waals surface area contributed by atoms with Crippen molar-refractivity contribution in [3.8, 4) is 0 Å². The number of aromatic nitrogens is 1. The number of aryl methyl sites for hydroxylation is 1. The van der Waals surface area contributed by atoms with Gasteiger partial charge < -0.3 is 10.5 Å². The molecule has 0 saturated carbocycles. The van der Waals surface area contributed by atoms with Gasteiger partial charge in [-0.1, -0.05) is 20.8 Å². The monoisotopic (exact) mass is 355 g/mol. The van der Waals surface area contributed by atoms with Crippen molar-refractivity contribution in [2.75, 3.05) is 0 Å². The lowest BCUT2D eigenvalue weighted by atomic mass is 9.69. The SMILES string of the molecule is CCC(=O)C1=C(N)OC2=C(C(=O)CC(C)(C)C2)[C@@H]1c1ccc[n+](CC)c1. The Morgan fingerprint density at radius 3 is 2.73 bits per heavy atom. The van der Waals surface area contributed by atoms with E-state index in [2.05, 4.69) is 6.92 Å². The Balaban J connectivity index is 2.21. The molecular formula is C21H27N2O3+.